The molecule has 0 unspecified atom stereocenters. The molecule has 106 valence electrons. The molecule has 1 amide bonds. The average Bonchev–Trinajstić information content (AvgIpc) is 2.37. The molecule has 1 N–H and O–H groups in total. The molecule has 1 aromatic carbocycles. The van der Waals surface area contributed by atoms with Crippen LogP contribution in [0.3, 0.4) is 0 Å². The second-order valence-corrected chi connectivity index (χ2v) is 5.47. The van der Waals surface area contributed by atoms with Gasteiger partial charge in [0, 0.05) is 18.1 Å². The van der Waals surface area contributed by atoms with E-state index in [1.165, 1.54) is 6.92 Å². The monoisotopic (exact) mass is 272 g/mol. The number of benzene rings is 1. The number of hydrogen-bond donors (Lipinski definition) is 1. The lowest BCUT2D eigenvalue weighted by molar-refractivity contribution is -0.300. The Morgan fingerprint density at radius 1 is 1.30 bits per heavy atom. The lowest BCUT2D eigenvalue weighted by atomic mass is 9.76. The zero-order valence-corrected chi connectivity index (χ0v) is 11.9. The van der Waals surface area contributed by atoms with E-state index < -0.39 is 5.97 Å². The van der Waals surface area contributed by atoms with Crippen LogP contribution in [0.1, 0.15) is 31.9 Å². The van der Waals surface area contributed by atoms with E-state index >= 15 is 0 Å². The molecule has 4 heteroatoms. The number of aliphatic carboxylic acids is 1. The Morgan fingerprint density at radius 2 is 1.95 bits per heavy atom. The fraction of sp³-hybridized carbons (Fsp3) is 0.375. The molecule has 0 radical (unpaired) electrons. The SMILES string of the molecule is CC(=O)NC1=C(C(=O)[O-])[C@@H](C(C)C)Cc2ccccc21. The van der Waals surface area contributed by atoms with Gasteiger partial charge in [-0.3, -0.25) is 4.79 Å². The quantitative estimate of drug-likeness (QED) is 0.896. The van der Waals surface area contributed by atoms with Crippen LogP contribution in [0.25, 0.3) is 5.70 Å². The van der Waals surface area contributed by atoms with Gasteiger partial charge in [-0.1, -0.05) is 38.1 Å². The predicted molar refractivity (Wildman–Crippen MR) is 74.2 cm³/mol. The van der Waals surface area contributed by atoms with E-state index in [2.05, 4.69) is 5.32 Å². The van der Waals surface area contributed by atoms with Crippen molar-refractivity contribution < 1.29 is 14.7 Å². The van der Waals surface area contributed by atoms with Gasteiger partial charge in [0.15, 0.2) is 0 Å². The summed E-state index contributed by atoms with van der Waals surface area (Å²) in [6.07, 6.45) is 0.653. The Bertz CT molecular complexity index is 587. The van der Waals surface area contributed by atoms with Gasteiger partial charge >= 0.3 is 0 Å². The summed E-state index contributed by atoms with van der Waals surface area (Å²) in [4.78, 5) is 23.0. The number of carbonyl (C=O) groups is 2. The fourth-order valence-electron chi connectivity index (χ4n) is 2.74. The lowest BCUT2D eigenvalue weighted by Gasteiger charge is -2.33. The maximum atomic E-state index is 11.6. The Morgan fingerprint density at radius 3 is 2.50 bits per heavy atom. The number of fused-ring (bicyclic) bond motifs is 1. The van der Waals surface area contributed by atoms with Gasteiger partial charge in [-0.25, -0.2) is 0 Å². The topological polar surface area (TPSA) is 69.2 Å². The van der Waals surface area contributed by atoms with Gasteiger partial charge in [0.2, 0.25) is 5.91 Å². The maximum Gasteiger partial charge on any atom is 0.221 e. The zero-order valence-electron chi connectivity index (χ0n) is 11.9. The van der Waals surface area contributed by atoms with E-state index in [0.29, 0.717) is 12.1 Å². The second kappa shape index (κ2) is 5.49. The van der Waals surface area contributed by atoms with E-state index in [-0.39, 0.29) is 23.3 Å². The standard InChI is InChI=1S/C16H19NO3/c1-9(2)13-8-11-6-4-5-7-12(11)15(17-10(3)18)14(13)16(19)20/h4-7,9,13H,8H2,1-3H3,(H,17,18)(H,19,20)/p-1/t13-/m1/s1. The van der Waals surface area contributed by atoms with Gasteiger partial charge in [0.1, 0.15) is 0 Å². The van der Waals surface area contributed by atoms with Crippen molar-refractivity contribution >= 4 is 17.6 Å². The Kier molecular flexibility index (Phi) is 3.93. The molecule has 0 bridgehead atoms. The first-order valence-corrected chi connectivity index (χ1v) is 6.73. The molecule has 0 spiro atoms. The van der Waals surface area contributed by atoms with Crippen molar-refractivity contribution in [3.63, 3.8) is 0 Å². The number of hydrogen-bond acceptors (Lipinski definition) is 3. The molecule has 0 heterocycles. The molecule has 2 rings (SSSR count). The minimum absolute atomic E-state index is 0.153. The first kappa shape index (κ1) is 14.3. The summed E-state index contributed by atoms with van der Waals surface area (Å²) in [6.45, 7) is 5.33. The number of carbonyl (C=O) groups excluding carboxylic acids is 2. The summed E-state index contributed by atoms with van der Waals surface area (Å²) in [5.41, 5.74) is 2.42. The third kappa shape index (κ3) is 2.59. The Balaban J connectivity index is 2.66. The third-order valence-corrected chi connectivity index (χ3v) is 3.69. The van der Waals surface area contributed by atoms with Crippen LogP contribution >= 0.6 is 0 Å². The molecule has 0 saturated carbocycles. The maximum absolute atomic E-state index is 11.6. The molecular formula is C16H18NO3-. The fourth-order valence-corrected chi connectivity index (χ4v) is 2.74. The molecule has 0 aliphatic heterocycles. The summed E-state index contributed by atoms with van der Waals surface area (Å²) in [7, 11) is 0. The molecule has 1 aliphatic carbocycles. The van der Waals surface area contributed by atoms with Crippen molar-refractivity contribution in [2.24, 2.45) is 11.8 Å². The number of amides is 1. The highest BCUT2D eigenvalue weighted by atomic mass is 16.4. The van der Waals surface area contributed by atoms with Crippen LogP contribution in [0, 0.1) is 11.8 Å². The van der Waals surface area contributed by atoms with Crippen molar-refractivity contribution in [3.05, 3.63) is 41.0 Å². The minimum atomic E-state index is -1.21. The molecule has 1 aromatic rings. The normalized spacial score (nSPS) is 17.9. The molecule has 0 saturated heterocycles. The first-order chi connectivity index (χ1) is 9.41. The van der Waals surface area contributed by atoms with E-state index in [0.717, 1.165) is 11.1 Å². The number of nitrogens with one attached hydrogen (secondary N) is 1. The van der Waals surface area contributed by atoms with Crippen LogP contribution in [0.5, 0.6) is 0 Å². The number of carboxylic acids is 1. The average molecular weight is 272 g/mol. The molecule has 0 fully saturated rings. The molecular weight excluding hydrogens is 254 g/mol. The summed E-state index contributed by atoms with van der Waals surface area (Å²) in [5.74, 6) is -1.49. The van der Waals surface area contributed by atoms with Crippen LogP contribution in [0.2, 0.25) is 0 Å². The highest BCUT2D eigenvalue weighted by Gasteiger charge is 2.30. The summed E-state index contributed by atoms with van der Waals surface area (Å²) < 4.78 is 0. The van der Waals surface area contributed by atoms with E-state index in [1.807, 2.05) is 38.1 Å². The van der Waals surface area contributed by atoms with Gasteiger partial charge in [-0.2, -0.15) is 0 Å². The molecule has 1 atom stereocenters. The van der Waals surface area contributed by atoms with Crippen molar-refractivity contribution in [2.45, 2.75) is 27.2 Å². The van der Waals surface area contributed by atoms with Crippen molar-refractivity contribution in [2.75, 3.05) is 0 Å². The summed E-state index contributed by atoms with van der Waals surface area (Å²) in [6, 6.07) is 7.56. The van der Waals surface area contributed by atoms with Gasteiger partial charge in [-0.05, 0) is 23.8 Å². The van der Waals surface area contributed by atoms with Crippen LogP contribution in [0.4, 0.5) is 0 Å². The predicted octanol–water partition coefficient (Wildman–Crippen LogP) is 1.11. The Labute approximate surface area is 118 Å². The Hall–Kier alpha value is -2.10. The van der Waals surface area contributed by atoms with E-state index in [1.54, 1.807) is 0 Å². The molecule has 20 heavy (non-hydrogen) atoms. The van der Waals surface area contributed by atoms with Crippen LogP contribution in [-0.2, 0) is 16.0 Å². The molecule has 1 aliphatic rings. The summed E-state index contributed by atoms with van der Waals surface area (Å²) in [5, 5.41) is 14.2. The smallest absolute Gasteiger partial charge is 0.221 e. The third-order valence-electron chi connectivity index (χ3n) is 3.69. The minimum Gasteiger partial charge on any atom is -0.545 e. The number of carboxylic acid groups (broad SMARTS) is 1. The van der Waals surface area contributed by atoms with Crippen LogP contribution < -0.4 is 10.4 Å². The highest BCUT2D eigenvalue weighted by molar-refractivity contribution is 6.00. The second-order valence-electron chi connectivity index (χ2n) is 5.47. The van der Waals surface area contributed by atoms with E-state index in [4.69, 9.17) is 0 Å². The summed E-state index contributed by atoms with van der Waals surface area (Å²) >= 11 is 0. The highest BCUT2D eigenvalue weighted by Crippen LogP contribution is 2.36. The van der Waals surface area contributed by atoms with E-state index in [9.17, 15) is 14.7 Å². The van der Waals surface area contributed by atoms with Crippen LogP contribution in [-0.4, -0.2) is 11.9 Å². The molecule has 4 nitrogen and oxygen atoms in total. The van der Waals surface area contributed by atoms with Crippen molar-refractivity contribution in [1.82, 2.24) is 5.32 Å². The largest absolute Gasteiger partial charge is 0.545 e. The van der Waals surface area contributed by atoms with Crippen molar-refractivity contribution in [1.29, 1.82) is 0 Å². The van der Waals surface area contributed by atoms with Gasteiger partial charge in [0.05, 0.1) is 11.7 Å². The van der Waals surface area contributed by atoms with Gasteiger partial charge in [0.25, 0.3) is 0 Å². The molecule has 0 aromatic heterocycles. The van der Waals surface area contributed by atoms with Crippen molar-refractivity contribution in [3.8, 4) is 0 Å². The zero-order chi connectivity index (χ0) is 14.9. The van der Waals surface area contributed by atoms with Crippen LogP contribution in [0.15, 0.2) is 29.8 Å². The lowest BCUT2D eigenvalue weighted by Crippen LogP contribution is -2.37. The number of rotatable bonds is 3. The first-order valence-electron chi connectivity index (χ1n) is 6.73. The van der Waals surface area contributed by atoms with Gasteiger partial charge < -0.3 is 15.2 Å². The van der Waals surface area contributed by atoms with Gasteiger partial charge in [-0.15, -0.1) is 0 Å².